The molecular weight excluding hydrogens is 334 g/mol. The first kappa shape index (κ1) is 17.6. The first-order valence-corrected chi connectivity index (χ1v) is 8.15. The molecule has 0 aliphatic carbocycles. The van der Waals surface area contributed by atoms with Gasteiger partial charge in [0.25, 0.3) is 5.89 Å². The van der Waals surface area contributed by atoms with Crippen molar-refractivity contribution in [2.75, 3.05) is 25.6 Å². The number of benzene rings is 2. The summed E-state index contributed by atoms with van der Waals surface area (Å²) >= 11 is 0. The van der Waals surface area contributed by atoms with Gasteiger partial charge in [0, 0.05) is 23.9 Å². The van der Waals surface area contributed by atoms with Crippen molar-refractivity contribution in [1.82, 2.24) is 10.1 Å². The van der Waals surface area contributed by atoms with E-state index in [4.69, 9.17) is 14.0 Å². The van der Waals surface area contributed by atoms with Gasteiger partial charge in [0.1, 0.15) is 12.4 Å². The van der Waals surface area contributed by atoms with Crippen LogP contribution in [0.5, 0.6) is 5.75 Å². The van der Waals surface area contributed by atoms with Gasteiger partial charge in [0.15, 0.2) is 0 Å². The van der Waals surface area contributed by atoms with Crippen LogP contribution in [-0.4, -0.2) is 36.4 Å². The number of amides is 1. The molecule has 1 heterocycles. The molecule has 3 aromatic rings. The summed E-state index contributed by atoms with van der Waals surface area (Å²) in [7, 11) is 1.47. The number of hydrogen-bond donors (Lipinski definition) is 1. The summed E-state index contributed by atoms with van der Waals surface area (Å²) in [5.41, 5.74) is 2.18. The van der Waals surface area contributed by atoms with Gasteiger partial charge < -0.3 is 19.3 Å². The second kappa shape index (κ2) is 8.26. The molecule has 0 atom stereocenters. The highest BCUT2D eigenvalue weighted by Crippen LogP contribution is 2.25. The number of nitrogens with one attached hydrogen (secondary N) is 1. The predicted molar refractivity (Wildman–Crippen MR) is 96.8 cm³/mol. The molecule has 7 nitrogen and oxygen atoms in total. The Morgan fingerprint density at radius 3 is 2.69 bits per heavy atom. The molecule has 1 N–H and O–H groups in total. The number of nitrogens with zero attached hydrogens (tertiary/aromatic N) is 2. The van der Waals surface area contributed by atoms with E-state index in [1.165, 1.54) is 7.11 Å². The zero-order chi connectivity index (χ0) is 18.4. The number of rotatable bonds is 7. The standard InChI is InChI=1S/C19H19N3O4/c1-3-25-16-9-7-13(8-10-16)19-21-18(22-26-19)14-5-4-6-15(11-14)20-17(23)12-24-2/h4-11H,3,12H2,1-2H3,(H,20,23). The van der Waals surface area contributed by atoms with Gasteiger partial charge in [-0.05, 0) is 43.3 Å². The Balaban J connectivity index is 1.78. The highest BCUT2D eigenvalue weighted by molar-refractivity contribution is 5.92. The van der Waals surface area contributed by atoms with E-state index in [1.54, 1.807) is 12.1 Å². The van der Waals surface area contributed by atoms with Crippen molar-refractivity contribution in [3.05, 3.63) is 48.5 Å². The van der Waals surface area contributed by atoms with Crippen LogP contribution >= 0.6 is 0 Å². The molecule has 1 aromatic heterocycles. The van der Waals surface area contributed by atoms with Gasteiger partial charge in [-0.1, -0.05) is 17.3 Å². The van der Waals surface area contributed by atoms with E-state index in [-0.39, 0.29) is 12.5 Å². The lowest BCUT2D eigenvalue weighted by Crippen LogP contribution is -2.16. The number of aromatic nitrogens is 2. The van der Waals surface area contributed by atoms with Crippen molar-refractivity contribution >= 4 is 11.6 Å². The van der Waals surface area contributed by atoms with Crippen LogP contribution in [-0.2, 0) is 9.53 Å². The van der Waals surface area contributed by atoms with Crippen molar-refractivity contribution in [1.29, 1.82) is 0 Å². The smallest absolute Gasteiger partial charge is 0.258 e. The van der Waals surface area contributed by atoms with Crippen molar-refractivity contribution in [3.63, 3.8) is 0 Å². The van der Waals surface area contributed by atoms with E-state index in [9.17, 15) is 4.79 Å². The molecule has 7 heteroatoms. The maximum absolute atomic E-state index is 11.6. The van der Waals surface area contributed by atoms with Crippen molar-refractivity contribution < 1.29 is 18.8 Å². The van der Waals surface area contributed by atoms with Gasteiger partial charge in [0.05, 0.1) is 6.61 Å². The lowest BCUT2D eigenvalue weighted by Gasteiger charge is -2.05. The van der Waals surface area contributed by atoms with Crippen LogP contribution in [0, 0.1) is 0 Å². The molecule has 3 rings (SSSR count). The van der Waals surface area contributed by atoms with Gasteiger partial charge in [0.2, 0.25) is 11.7 Å². The highest BCUT2D eigenvalue weighted by atomic mass is 16.5. The van der Waals surface area contributed by atoms with Gasteiger partial charge in [-0.3, -0.25) is 4.79 Å². The Labute approximate surface area is 150 Å². The highest BCUT2D eigenvalue weighted by Gasteiger charge is 2.12. The average Bonchev–Trinajstić information content (AvgIpc) is 3.13. The first-order valence-electron chi connectivity index (χ1n) is 8.15. The summed E-state index contributed by atoms with van der Waals surface area (Å²) in [4.78, 5) is 16.1. The van der Waals surface area contributed by atoms with Gasteiger partial charge in [-0.15, -0.1) is 0 Å². The summed E-state index contributed by atoms with van der Waals surface area (Å²) in [5, 5.41) is 6.77. The Morgan fingerprint density at radius 2 is 1.96 bits per heavy atom. The molecule has 0 bridgehead atoms. The van der Waals surface area contributed by atoms with Crippen molar-refractivity contribution in [2.24, 2.45) is 0 Å². The van der Waals surface area contributed by atoms with Crippen LogP contribution < -0.4 is 10.1 Å². The fraction of sp³-hybridized carbons (Fsp3) is 0.211. The Bertz CT molecular complexity index is 875. The SMILES string of the molecule is CCOc1ccc(-c2nc(-c3cccc(NC(=O)COC)c3)no2)cc1. The van der Waals surface area contributed by atoms with Crippen LogP contribution in [0.2, 0.25) is 0 Å². The molecule has 26 heavy (non-hydrogen) atoms. The summed E-state index contributed by atoms with van der Waals surface area (Å²) in [5.74, 6) is 1.41. The number of carbonyl (C=O) groups is 1. The predicted octanol–water partition coefficient (Wildman–Crippen LogP) is 3.39. The van der Waals surface area contributed by atoms with Gasteiger partial charge >= 0.3 is 0 Å². The van der Waals surface area contributed by atoms with Crippen LogP contribution in [0.1, 0.15) is 6.92 Å². The topological polar surface area (TPSA) is 86.5 Å². The van der Waals surface area contributed by atoms with E-state index >= 15 is 0 Å². The van der Waals surface area contributed by atoms with E-state index in [0.717, 1.165) is 16.9 Å². The van der Waals surface area contributed by atoms with E-state index in [1.807, 2.05) is 43.3 Å². The zero-order valence-electron chi connectivity index (χ0n) is 14.6. The molecule has 0 saturated carbocycles. The maximum atomic E-state index is 11.6. The monoisotopic (exact) mass is 353 g/mol. The van der Waals surface area contributed by atoms with Gasteiger partial charge in [-0.25, -0.2) is 0 Å². The summed E-state index contributed by atoms with van der Waals surface area (Å²) in [6.45, 7) is 2.54. The maximum Gasteiger partial charge on any atom is 0.258 e. The van der Waals surface area contributed by atoms with Crippen molar-refractivity contribution in [3.8, 4) is 28.6 Å². The Kier molecular flexibility index (Phi) is 5.60. The quantitative estimate of drug-likeness (QED) is 0.701. The molecule has 0 unspecified atom stereocenters. The second-order valence-corrected chi connectivity index (χ2v) is 5.44. The van der Waals surface area contributed by atoms with E-state index in [0.29, 0.717) is 24.0 Å². The van der Waals surface area contributed by atoms with Crippen LogP contribution in [0.4, 0.5) is 5.69 Å². The summed E-state index contributed by atoms with van der Waals surface area (Å²) in [6.07, 6.45) is 0. The number of hydrogen-bond acceptors (Lipinski definition) is 6. The fourth-order valence-corrected chi connectivity index (χ4v) is 2.38. The molecule has 0 saturated heterocycles. The third kappa shape index (κ3) is 4.25. The number of methoxy groups -OCH3 is 1. The molecule has 2 aromatic carbocycles. The van der Waals surface area contributed by atoms with Crippen LogP contribution in [0.15, 0.2) is 53.1 Å². The lowest BCUT2D eigenvalue weighted by atomic mass is 10.2. The average molecular weight is 353 g/mol. The molecule has 0 spiro atoms. The summed E-state index contributed by atoms with van der Waals surface area (Å²) in [6, 6.07) is 14.7. The van der Waals surface area contributed by atoms with Crippen LogP contribution in [0.25, 0.3) is 22.8 Å². The molecule has 0 radical (unpaired) electrons. The molecule has 134 valence electrons. The lowest BCUT2D eigenvalue weighted by molar-refractivity contribution is -0.119. The number of ether oxygens (including phenoxy) is 2. The molecular formula is C19H19N3O4. The zero-order valence-corrected chi connectivity index (χ0v) is 14.6. The molecule has 0 fully saturated rings. The fourth-order valence-electron chi connectivity index (χ4n) is 2.38. The van der Waals surface area contributed by atoms with Crippen LogP contribution in [0.3, 0.4) is 0 Å². The minimum absolute atomic E-state index is 0.00563. The third-order valence-corrected chi connectivity index (χ3v) is 3.52. The normalized spacial score (nSPS) is 10.5. The van der Waals surface area contributed by atoms with E-state index in [2.05, 4.69) is 15.5 Å². The molecule has 0 aliphatic heterocycles. The Hall–Kier alpha value is -3.19. The van der Waals surface area contributed by atoms with E-state index < -0.39 is 0 Å². The number of carbonyl (C=O) groups excluding carboxylic acids is 1. The largest absolute Gasteiger partial charge is 0.494 e. The summed E-state index contributed by atoms with van der Waals surface area (Å²) < 4.78 is 15.6. The molecule has 0 aliphatic rings. The number of anilines is 1. The third-order valence-electron chi connectivity index (χ3n) is 3.52. The van der Waals surface area contributed by atoms with Crippen molar-refractivity contribution in [2.45, 2.75) is 6.92 Å². The Morgan fingerprint density at radius 1 is 1.15 bits per heavy atom. The molecule has 1 amide bonds. The minimum Gasteiger partial charge on any atom is -0.494 e. The first-order chi connectivity index (χ1) is 12.7. The van der Waals surface area contributed by atoms with Gasteiger partial charge in [-0.2, -0.15) is 4.98 Å². The second-order valence-electron chi connectivity index (χ2n) is 5.44. The minimum atomic E-state index is -0.229.